The normalized spacial score (nSPS) is 22.9. The van der Waals surface area contributed by atoms with E-state index in [0.29, 0.717) is 6.04 Å². The van der Waals surface area contributed by atoms with Crippen LogP contribution < -0.4 is 10.6 Å². The molecule has 0 bridgehead atoms. The molecule has 4 nitrogen and oxygen atoms in total. The van der Waals surface area contributed by atoms with Crippen LogP contribution in [0.2, 0.25) is 0 Å². The zero-order valence-corrected chi connectivity index (χ0v) is 11.5. The Morgan fingerprint density at radius 2 is 2.18 bits per heavy atom. The maximum atomic E-state index is 11.6. The van der Waals surface area contributed by atoms with Gasteiger partial charge in [0.2, 0.25) is 0 Å². The van der Waals surface area contributed by atoms with Crippen LogP contribution in [0.15, 0.2) is 0 Å². The third kappa shape index (κ3) is 6.51. The molecule has 0 radical (unpaired) electrons. The van der Waals surface area contributed by atoms with E-state index >= 15 is 0 Å². The van der Waals surface area contributed by atoms with Crippen LogP contribution in [-0.4, -0.2) is 30.3 Å². The lowest BCUT2D eigenvalue weighted by Crippen LogP contribution is -2.43. The van der Waals surface area contributed by atoms with Crippen LogP contribution in [0.4, 0.5) is 4.79 Å². The van der Waals surface area contributed by atoms with Crippen LogP contribution >= 0.6 is 0 Å². The average molecular weight is 242 g/mol. The fourth-order valence-corrected chi connectivity index (χ4v) is 2.12. The predicted octanol–water partition coefficient (Wildman–Crippen LogP) is 2.43. The van der Waals surface area contributed by atoms with E-state index in [4.69, 9.17) is 4.74 Å². The van der Waals surface area contributed by atoms with E-state index in [9.17, 15) is 4.79 Å². The van der Waals surface area contributed by atoms with Gasteiger partial charge in [0.1, 0.15) is 5.60 Å². The third-order valence-electron chi connectivity index (χ3n) is 2.81. The lowest BCUT2D eigenvalue weighted by Gasteiger charge is -2.27. The minimum atomic E-state index is -0.424. The SMILES string of the molecule is CC(CC1CCCCN1)NC(=O)OC(C)(C)C. The Hall–Kier alpha value is -0.770. The molecule has 1 aliphatic heterocycles. The number of amides is 1. The lowest BCUT2D eigenvalue weighted by atomic mass is 9.99. The average Bonchev–Trinajstić information content (AvgIpc) is 2.15. The van der Waals surface area contributed by atoms with Gasteiger partial charge in [-0.15, -0.1) is 0 Å². The van der Waals surface area contributed by atoms with Gasteiger partial charge in [-0.05, 0) is 53.5 Å². The molecule has 2 atom stereocenters. The first-order valence-electron chi connectivity index (χ1n) is 6.60. The number of alkyl carbamates (subject to hydrolysis) is 1. The standard InChI is InChI=1S/C13H26N2O2/c1-10(9-11-7-5-6-8-14-11)15-12(16)17-13(2,3)4/h10-11,14H,5-9H2,1-4H3,(H,15,16). The van der Waals surface area contributed by atoms with Crippen LogP contribution in [0.5, 0.6) is 0 Å². The Bertz CT molecular complexity index is 242. The number of carbonyl (C=O) groups excluding carboxylic acids is 1. The zero-order chi connectivity index (χ0) is 12.9. The van der Waals surface area contributed by atoms with Crippen LogP contribution in [-0.2, 0) is 4.74 Å². The summed E-state index contributed by atoms with van der Waals surface area (Å²) in [7, 11) is 0. The molecule has 0 saturated carbocycles. The molecule has 0 spiro atoms. The molecule has 1 heterocycles. The second kappa shape index (κ2) is 6.24. The number of piperidine rings is 1. The molecule has 1 rings (SSSR count). The number of nitrogens with one attached hydrogen (secondary N) is 2. The smallest absolute Gasteiger partial charge is 0.407 e. The topological polar surface area (TPSA) is 50.4 Å². The van der Waals surface area contributed by atoms with E-state index in [1.54, 1.807) is 0 Å². The number of rotatable bonds is 3. The van der Waals surface area contributed by atoms with Gasteiger partial charge >= 0.3 is 6.09 Å². The van der Waals surface area contributed by atoms with Crippen molar-refractivity contribution in [3.63, 3.8) is 0 Å². The summed E-state index contributed by atoms with van der Waals surface area (Å²) in [4.78, 5) is 11.6. The summed E-state index contributed by atoms with van der Waals surface area (Å²) < 4.78 is 5.23. The lowest BCUT2D eigenvalue weighted by molar-refractivity contribution is 0.0503. The van der Waals surface area contributed by atoms with Crippen LogP contribution in [0.1, 0.15) is 53.4 Å². The highest BCUT2D eigenvalue weighted by atomic mass is 16.6. The van der Waals surface area contributed by atoms with E-state index in [-0.39, 0.29) is 12.1 Å². The summed E-state index contributed by atoms with van der Waals surface area (Å²) in [6, 6.07) is 0.689. The van der Waals surface area contributed by atoms with Gasteiger partial charge in [0.25, 0.3) is 0 Å². The van der Waals surface area contributed by atoms with Crippen molar-refractivity contribution in [3.8, 4) is 0 Å². The largest absolute Gasteiger partial charge is 0.444 e. The fourth-order valence-electron chi connectivity index (χ4n) is 2.12. The zero-order valence-electron chi connectivity index (χ0n) is 11.5. The number of hydrogen-bond acceptors (Lipinski definition) is 3. The molecular weight excluding hydrogens is 216 g/mol. The van der Waals surface area contributed by atoms with Crippen molar-refractivity contribution in [3.05, 3.63) is 0 Å². The van der Waals surface area contributed by atoms with Gasteiger partial charge < -0.3 is 15.4 Å². The molecule has 1 saturated heterocycles. The molecule has 0 aromatic heterocycles. The monoisotopic (exact) mass is 242 g/mol. The van der Waals surface area contributed by atoms with Gasteiger partial charge in [0.05, 0.1) is 0 Å². The molecule has 1 fully saturated rings. The van der Waals surface area contributed by atoms with Crippen molar-refractivity contribution in [2.24, 2.45) is 0 Å². The highest BCUT2D eigenvalue weighted by Crippen LogP contribution is 2.12. The second-order valence-electron chi connectivity index (χ2n) is 5.93. The Labute approximate surface area is 104 Å². The molecule has 2 unspecified atom stereocenters. The quantitative estimate of drug-likeness (QED) is 0.799. The van der Waals surface area contributed by atoms with Crippen LogP contribution in [0.25, 0.3) is 0 Å². The summed E-state index contributed by atoms with van der Waals surface area (Å²) in [5.41, 5.74) is -0.424. The van der Waals surface area contributed by atoms with Crippen molar-refractivity contribution in [2.75, 3.05) is 6.54 Å². The van der Waals surface area contributed by atoms with Crippen LogP contribution in [0.3, 0.4) is 0 Å². The minimum Gasteiger partial charge on any atom is -0.444 e. The molecule has 0 aromatic rings. The predicted molar refractivity (Wildman–Crippen MR) is 69.1 cm³/mol. The molecular formula is C13H26N2O2. The Morgan fingerprint density at radius 3 is 2.71 bits per heavy atom. The Kier molecular flexibility index (Phi) is 5.25. The van der Waals surface area contributed by atoms with Gasteiger partial charge in [0.15, 0.2) is 0 Å². The minimum absolute atomic E-state index is 0.153. The van der Waals surface area contributed by atoms with Crippen molar-refractivity contribution in [1.29, 1.82) is 0 Å². The van der Waals surface area contributed by atoms with Crippen molar-refractivity contribution < 1.29 is 9.53 Å². The summed E-state index contributed by atoms with van der Waals surface area (Å²) in [6.45, 7) is 8.75. The van der Waals surface area contributed by atoms with Crippen molar-refractivity contribution in [2.45, 2.75) is 71.1 Å². The van der Waals surface area contributed by atoms with Gasteiger partial charge in [0, 0.05) is 12.1 Å². The summed E-state index contributed by atoms with van der Waals surface area (Å²) in [5, 5.41) is 6.36. The van der Waals surface area contributed by atoms with Gasteiger partial charge in [-0.2, -0.15) is 0 Å². The molecule has 1 amide bonds. The van der Waals surface area contributed by atoms with Crippen molar-refractivity contribution in [1.82, 2.24) is 10.6 Å². The molecule has 4 heteroatoms. The van der Waals surface area contributed by atoms with E-state index in [1.165, 1.54) is 19.3 Å². The second-order valence-corrected chi connectivity index (χ2v) is 5.93. The Morgan fingerprint density at radius 1 is 1.47 bits per heavy atom. The third-order valence-corrected chi connectivity index (χ3v) is 2.81. The number of carbonyl (C=O) groups is 1. The van der Waals surface area contributed by atoms with E-state index in [1.807, 2.05) is 27.7 Å². The van der Waals surface area contributed by atoms with Gasteiger partial charge in [-0.25, -0.2) is 4.79 Å². The highest BCUT2D eigenvalue weighted by Gasteiger charge is 2.20. The maximum absolute atomic E-state index is 11.6. The maximum Gasteiger partial charge on any atom is 0.407 e. The Balaban J connectivity index is 2.23. The first kappa shape index (κ1) is 14.3. The molecule has 0 aliphatic carbocycles. The summed E-state index contributed by atoms with van der Waals surface area (Å²) in [6.07, 6.45) is 4.42. The van der Waals surface area contributed by atoms with E-state index in [0.717, 1.165) is 13.0 Å². The summed E-state index contributed by atoms with van der Waals surface area (Å²) >= 11 is 0. The van der Waals surface area contributed by atoms with Crippen molar-refractivity contribution >= 4 is 6.09 Å². The summed E-state index contributed by atoms with van der Waals surface area (Å²) in [5.74, 6) is 0. The fraction of sp³-hybridized carbons (Fsp3) is 0.923. The number of ether oxygens (including phenoxy) is 1. The molecule has 1 aliphatic rings. The first-order chi connectivity index (χ1) is 7.87. The molecule has 2 N–H and O–H groups in total. The van der Waals surface area contributed by atoms with Crippen LogP contribution in [0, 0.1) is 0 Å². The van der Waals surface area contributed by atoms with Gasteiger partial charge in [-0.1, -0.05) is 6.42 Å². The molecule has 0 aromatic carbocycles. The highest BCUT2D eigenvalue weighted by molar-refractivity contribution is 5.68. The van der Waals surface area contributed by atoms with Gasteiger partial charge in [-0.3, -0.25) is 0 Å². The molecule has 100 valence electrons. The molecule has 17 heavy (non-hydrogen) atoms. The van der Waals surface area contributed by atoms with E-state index in [2.05, 4.69) is 10.6 Å². The number of hydrogen-bond donors (Lipinski definition) is 2. The van der Waals surface area contributed by atoms with E-state index < -0.39 is 5.60 Å². The first-order valence-corrected chi connectivity index (χ1v) is 6.60.